The van der Waals surface area contributed by atoms with Gasteiger partial charge < -0.3 is 10.1 Å². The second kappa shape index (κ2) is 12.2. The van der Waals surface area contributed by atoms with E-state index in [0.717, 1.165) is 28.1 Å². The van der Waals surface area contributed by atoms with Gasteiger partial charge in [-0.2, -0.15) is 13.2 Å². The Balaban J connectivity index is 0.000000344. The van der Waals surface area contributed by atoms with E-state index >= 15 is 0 Å². The molecule has 0 amide bonds. The molecule has 3 aromatic carbocycles. The molecule has 3 nitrogen and oxygen atoms in total. The van der Waals surface area contributed by atoms with E-state index in [4.69, 9.17) is 0 Å². The molecule has 0 bridgehead atoms. The molecule has 1 heterocycles. The first-order valence-corrected chi connectivity index (χ1v) is 12.7. The van der Waals surface area contributed by atoms with Crippen LogP contribution >= 0.6 is 0 Å². The zero-order valence-corrected chi connectivity index (χ0v) is 26.4. The van der Waals surface area contributed by atoms with E-state index in [0.29, 0.717) is 16.6 Å². The van der Waals surface area contributed by atoms with Crippen LogP contribution in [0.5, 0.6) is 0 Å². The predicted molar refractivity (Wildman–Crippen MR) is 153 cm³/mol. The number of halogens is 3. The number of pyridine rings is 1. The van der Waals surface area contributed by atoms with Crippen molar-refractivity contribution in [3.8, 4) is 11.3 Å². The van der Waals surface area contributed by atoms with Gasteiger partial charge in [-0.05, 0) is 27.2 Å². The van der Waals surface area contributed by atoms with Crippen LogP contribution in [0.25, 0.3) is 32.8 Å². The number of nitrogens with zero attached hydrogens (tertiary/aromatic N) is 1. The van der Waals surface area contributed by atoms with Gasteiger partial charge in [-0.15, -0.1) is 34.9 Å². The van der Waals surface area contributed by atoms with E-state index < -0.39 is 17.2 Å². The third kappa shape index (κ3) is 7.80. The number of hydrogen-bond donors (Lipinski definition) is 1. The van der Waals surface area contributed by atoms with Gasteiger partial charge in [-0.1, -0.05) is 91.8 Å². The minimum absolute atomic E-state index is 0. The maximum absolute atomic E-state index is 13.5. The number of carbonyl (C=O) groups is 1. The van der Waals surface area contributed by atoms with Crippen molar-refractivity contribution in [1.29, 1.82) is 0 Å². The molecule has 0 aliphatic rings. The molecule has 0 atom stereocenters. The summed E-state index contributed by atoms with van der Waals surface area (Å²) in [6.07, 6.45) is -2.20. The number of alkyl halides is 3. The topological polar surface area (TPSA) is 50.2 Å². The fourth-order valence-corrected chi connectivity index (χ4v) is 4.02. The number of fused-ring (bicyclic) bond motifs is 3. The monoisotopic (exact) mass is 727 g/mol. The molecule has 0 aliphatic heterocycles. The smallest absolute Gasteiger partial charge is 0.418 e. The third-order valence-electron chi connectivity index (χ3n) is 6.26. The number of aryl methyl sites for hydroxylation is 2. The summed E-state index contributed by atoms with van der Waals surface area (Å²) in [4.78, 5) is 15.7. The Hall–Kier alpha value is -3.02. The molecule has 7 heteroatoms. The summed E-state index contributed by atoms with van der Waals surface area (Å²) in [6.45, 7) is 15.0. The molecule has 0 saturated carbocycles. The van der Waals surface area contributed by atoms with Gasteiger partial charge in [0.15, 0.2) is 5.78 Å². The quantitative estimate of drug-likeness (QED) is 0.0970. The summed E-state index contributed by atoms with van der Waals surface area (Å²) in [7, 11) is 0. The number of ketones is 1. The maximum Gasteiger partial charge on any atom is 0.418 e. The van der Waals surface area contributed by atoms with Crippen molar-refractivity contribution in [3.05, 3.63) is 89.3 Å². The number of hydrogen-bond acceptors (Lipinski definition) is 3. The van der Waals surface area contributed by atoms with Crippen LogP contribution < -0.4 is 0 Å². The molecule has 0 aliphatic carbocycles. The number of aliphatic hydroxyl groups excluding tert-OH is 1. The number of rotatable bonds is 2. The summed E-state index contributed by atoms with van der Waals surface area (Å²) >= 11 is 0. The van der Waals surface area contributed by atoms with Gasteiger partial charge in [0.25, 0.3) is 0 Å². The molecule has 0 unspecified atom stereocenters. The van der Waals surface area contributed by atoms with Crippen LogP contribution in [-0.2, 0) is 31.1 Å². The van der Waals surface area contributed by atoms with Gasteiger partial charge in [-0.3, -0.25) is 4.79 Å². The fraction of sp³-hybridized carbons (Fsp3) is 0.333. The number of aliphatic hydroxyl groups is 1. The predicted octanol–water partition coefficient (Wildman–Crippen LogP) is 9.58. The van der Waals surface area contributed by atoms with E-state index in [2.05, 4.69) is 11.1 Å². The molecule has 4 rings (SSSR count). The molecule has 0 spiro atoms. The molecule has 0 fully saturated rings. The zero-order valence-electron chi connectivity index (χ0n) is 24.0. The average molecular weight is 727 g/mol. The average Bonchev–Trinajstić information content (AvgIpc) is 2.81. The Kier molecular flexibility index (Phi) is 10.2. The number of allylic oxidation sites excluding steroid dienone is 2. The first-order valence-electron chi connectivity index (χ1n) is 12.7. The van der Waals surface area contributed by atoms with Gasteiger partial charge in [0.05, 0.1) is 5.56 Å². The minimum atomic E-state index is -4.46. The molecule has 0 saturated heterocycles. The van der Waals surface area contributed by atoms with Crippen molar-refractivity contribution in [3.63, 3.8) is 0 Å². The molecule has 40 heavy (non-hydrogen) atoms. The van der Waals surface area contributed by atoms with Crippen molar-refractivity contribution in [2.24, 2.45) is 10.8 Å². The summed E-state index contributed by atoms with van der Waals surface area (Å²) in [5.74, 6) is 0.104. The molecule has 1 aromatic heterocycles. The Morgan fingerprint density at radius 1 is 0.900 bits per heavy atom. The second-order valence-electron chi connectivity index (χ2n) is 11.9. The van der Waals surface area contributed by atoms with Crippen LogP contribution in [0.2, 0.25) is 0 Å². The molecule has 1 radical (unpaired) electrons. The van der Waals surface area contributed by atoms with Crippen molar-refractivity contribution in [2.45, 2.75) is 61.6 Å². The Morgan fingerprint density at radius 2 is 1.52 bits per heavy atom. The third-order valence-corrected chi connectivity index (χ3v) is 6.26. The van der Waals surface area contributed by atoms with Gasteiger partial charge in [0.2, 0.25) is 0 Å². The normalized spacial score (nSPS) is 12.5. The molecule has 1 N–H and O–H groups in total. The van der Waals surface area contributed by atoms with Gasteiger partial charge >= 0.3 is 6.18 Å². The van der Waals surface area contributed by atoms with Crippen LogP contribution in [0.1, 0.15) is 58.2 Å². The zero-order chi connectivity index (χ0) is 29.3. The van der Waals surface area contributed by atoms with E-state index in [-0.39, 0.29) is 42.4 Å². The number of aromatic nitrogens is 1. The molecule has 215 valence electrons. The maximum atomic E-state index is 13.5. The summed E-state index contributed by atoms with van der Waals surface area (Å²) in [6, 6.07) is 17.8. The van der Waals surface area contributed by atoms with E-state index in [1.807, 2.05) is 91.8 Å². The van der Waals surface area contributed by atoms with Gasteiger partial charge in [-0.25, -0.2) is 0 Å². The van der Waals surface area contributed by atoms with Crippen LogP contribution in [-0.4, -0.2) is 15.9 Å². The number of carbonyl (C=O) groups excluding carboxylic acids is 1. The van der Waals surface area contributed by atoms with Gasteiger partial charge in [0, 0.05) is 43.2 Å². The Labute approximate surface area is 247 Å². The van der Waals surface area contributed by atoms with Crippen LogP contribution in [0.4, 0.5) is 13.2 Å². The standard InChI is InChI=1S/C22H15F3N.C11H20O2.Ir/c1-13-9-14(2)11-16(10-13)21-20-17-6-4-3-5-15(17)7-8-18(20)19(12-26-21)22(23,24)25;1-10(2,3)8(12)7-9(13)11(4,5)6;/h3-10,12H,1-2H3;7,12H,1-6H3;/q-1;;/b;8-7-;. The van der Waals surface area contributed by atoms with Crippen LogP contribution in [0, 0.1) is 30.7 Å². The van der Waals surface area contributed by atoms with E-state index in [1.54, 1.807) is 6.07 Å². The summed E-state index contributed by atoms with van der Waals surface area (Å²) < 4.78 is 40.6. The van der Waals surface area contributed by atoms with Crippen molar-refractivity contribution >= 4 is 27.3 Å². The molecular weight excluding hydrogens is 692 g/mol. The largest absolute Gasteiger partial charge is 0.512 e. The van der Waals surface area contributed by atoms with Crippen LogP contribution in [0.3, 0.4) is 0 Å². The summed E-state index contributed by atoms with van der Waals surface area (Å²) in [5.41, 5.74) is 1.70. The SMILES string of the molecule is CC(C)(C)C(=O)/C=C(\O)C(C)(C)C.Cc1[c-]c(-c2ncc(C(F)(F)F)c3ccc4ccccc4c23)cc(C)c1.[Ir]. The van der Waals surface area contributed by atoms with Crippen molar-refractivity contribution in [2.75, 3.05) is 0 Å². The minimum Gasteiger partial charge on any atom is -0.512 e. The van der Waals surface area contributed by atoms with E-state index in [1.165, 1.54) is 12.1 Å². The van der Waals surface area contributed by atoms with Gasteiger partial charge in [0.1, 0.15) is 5.76 Å². The first kappa shape index (κ1) is 33.2. The molecule has 4 aromatic rings. The number of benzene rings is 3. The van der Waals surface area contributed by atoms with E-state index in [9.17, 15) is 23.1 Å². The van der Waals surface area contributed by atoms with Crippen LogP contribution in [0.15, 0.2) is 66.6 Å². The summed E-state index contributed by atoms with van der Waals surface area (Å²) in [5, 5.41) is 11.9. The second-order valence-corrected chi connectivity index (χ2v) is 11.9. The van der Waals surface area contributed by atoms with Crippen molar-refractivity contribution < 1.29 is 43.2 Å². The first-order chi connectivity index (χ1) is 17.9. The fourth-order valence-electron chi connectivity index (χ4n) is 4.02. The Bertz CT molecular complexity index is 1540. The molecular formula is C33H35F3IrNO2-. The Morgan fingerprint density at radius 3 is 2.08 bits per heavy atom. The van der Waals surface area contributed by atoms with Crippen molar-refractivity contribution in [1.82, 2.24) is 4.98 Å².